The minimum atomic E-state index is -0.589. The number of hydrogen-bond acceptors (Lipinski definition) is 2. The summed E-state index contributed by atoms with van der Waals surface area (Å²) in [4.78, 5) is 0. The van der Waals surface area contributed by atoms with Crippen molar-refractivity contribution in [2.24, 2.45) is 0 Å². The standard InChI is InChI=1S/C14H13FINO/c1-9-6-11(16)3-4-13(9)17-8-10-2-5-14(18)12(15)7-10/h2-7,17-18H,8H2,1H3. The van der Waals surface area contributed by atoms with E-state index >= 15 is 0 Å². The molecule has 0 saturated carbocycles. The molecule has 2 N–H and O–H groups in total. The van der Waals surface area contributed by atoms with Crippen LogP contribution in [-0.4, -0.2) is 5.11 Å². The molecule has 0 bridgehead atoms. The zero-order valence-corrected chi connectivity index (χ0v) is 12.0. The van der Waals surface area contributed by atoms with Crippen molar-refractivity contribution in [1.29, 1.82) is 0 Å². The van der Waals surface area contributed by atoms with Crippen LogP contribution in [0.4, 0.5) is 10.1 Å². The molecule has 94 valence electrons. The minimum Gasteiger partial charge on any atom is -0.505 e. The van der Waals surface area contributed by atoms with Crippen molar-refractivity contribution in [3.8, 4) is 5.75 Å². The Morgan fingerprint density at radius 2 is 2.00 bits per heavy atom. The highest BCUT2D eigenvalue weighted by molar-refractivity contribution is 14.1. The zero-order chi connectivity index (χ0) is 13.1. The summed E-state index contributed by atoms with van der Waals surface area (Å²) in [6.07, 6.45) is 0. The molecule has 0 fully saturated rings. The first kappa shape index (κ1) is 13.1. The first-order valence-electron chi connectivity index (χ1n) is 5.53. The molecular weight excluding hydrogens is 344 g/mol. The van der Waals surface area contributed by atoms with Gasteiger partial charge in [0.05, 0.1) is 0 Å². The van der Waals surface area contributed by atoms with Crippen LogP contribution in [0.2, 0.25) is 0 Å². The van der Waals surface area contributed by atoms with Crippen molar-refractivity contribution in [1.82, 2.24) is 0 Å². The van der Waals surface area contributed by atoms with Gasteiger partial charge in [-0.1, -0.05) is 6.07 Å². The second-order valence-corrected chi connectivity index (χ2v) is 5.34. The van der Waals surface area contributed by atoms with E-state index in [1.807, 2.05) is 19.1 Å². The number of benzene rings is 2. The molecule has 0 radical (unpaired) electrons. The van der Waals surface area contributed by atoms with Crippen LogP contribution in [0.5, 0.6) is 5.75 Å². The van der Waals surface area contributed by atoms with E-state index in [2.05, 4.69) is 34.0 Å². The number of anilines is 1. The van der Waals surface area contributed by atoms with E-state index < -0.39 is 5.82 Å². The van der Waals surface area contributed by atoms with Gasteiger partial charge in [-0.2, -0.15) is 0 Å². The molecule has 2 rings (SSSR count). The van der Waals surface area contributed by atoms with Crippen molar-refractivity contribution >= 4 is 28.3 Å². The number of phenols is 1. The molecule has 2 nitrogen and oxygen atoms in total. The lowest BCUT2D eigenvalue weighted by Gasteiger charge is -2.10. The monoisotopic (exact) mass is 357 g/mol. The number of aromatic hydroxyl groups is 1. The van der Waals surface area contributed by atoms with Crippen molar-refractivity contribution in [2.45, 2.75) is 13.5 Å². The molecule has 2 aromatic carbocycles. The quantitative estimate of drug-likeness (QED) is 0.813. The van der Waals surface area contributed by atoms with Crippen LogP contribution in [0.1, 0.15) is 11.1 Å². The first-order valence-corrected chi connectivity index (χ1v) is 6.61. The lowest BCUT2D eigenvalue weighted by atomic mass is 10.1. The Kier molecular flexibility index (Phi) is 4.06. The van der Waals surface area contributed by atoms with Gasteiger partial charge in [-0.3, -0.25) is 0 Å². The second-order valence-electron chi connectivity index (χ2n) is 4.10. The summed E-state index contributed by atoms with van der Waals surface area (Å²) in [6, 6.07) is 10.5. The van der Waals surface area contributed by atoms with Gasteiger partial charge in [-0.05, 0) is 71.0 Å². The number of hydrogen-bond donors (Lipinski definition) is 2. The third kappa shape index (κ3) is 3.13. The normalized spacial score (nSPS) is 10.4. The Hall–Kier alpha value is -1.30. The van der Waals surface area contributed by atoms with Gasteiger partial charge in [0, 0.05) is 15.8 Å². The highest BCUT2D eigenvalue weighted by Crippen LogP contribution is 2.20. The molecule has 0 heterocycles. The largest absolute Gasteiger partial charge is 0.505 e. The second kappa shape index (κ2) is 5.56. The Morgan fingerprint density at radius 1 is 1.22 bits per heavy atom. The smallest absolute Gasteiger partial charge is 0.165 e. The number of phenolic OH excluding ortho intramolecular Hbond substituents is 1. The molecular formula is C14H13FINO. The van der Waals surface area contributed by atoms with Crippen LogP contribution in [-0.2, 0) is 6.54 Å². The first-order chi connectivity index (χ1) is 8.56. The van der Waals surface area contributed by atoms with Gasteiger partial charge >= 0.3 is 0 Å². The SMILES string of the molecule is Cc1cc(I)ccc1NCc1ccc(O)c(F)c1. The van der Waals surface area contributed by atoms with Gasteiger partial charge < -0.3 is 10.4 Å². The average molecular weight is 357 g/mol. The maximum absolute atomic E-state index is 13.2. The highest BCUT2D eigenvalue weighted by atomic mass is 127. The fraction of sp³-hybridized carbons (Fsp3) is 0.143. The molecule has 0 aliphatic rings. The predicted molar refractivity (Wildman–Crippen MR) is 79.3 cm³/mol. The molecule has 0 aliphatic carbocycles. The van der Waals surface area contributed by atoms with Crippen LogP contribution in [0.3, 0.4) is 0 Å². The summed E-state index contributed by atoms with van der Waals surface area (Å²) in [5.41, 5.74) is 2.98. The maximum Gasteiger partial charge on any atom is 0.165 e. The molecule has 0 spiro atoms. The van der Waals surface area contributed by atoms with Gasteiger partial charge in [0.2, 0.25) is 0 Å². The molecule has 4 heteroatoms. The zero-order valence-electron chi connectivity index (χ0n) is 9.87. The Morgan fingerprint density at radius 3 is 2.67 bits per heavy atom. The molecule has 0 atom stereocenters. The predicted octanol–water partition coefficient (Wildman–Crippen LogP) is 4.06. The fourth-order valence-corrected chi connectivity index (χ4v) is 2.33. The van der Waals surface area contributed by atoms with Gasteiger partial charge in [-0.15, -0.1) is 0 Å². The summed E-state index contributed by atoms with van der Waals surface area (Å²) in [5.74, 6) is -0.905. The summed E-state index contributed by atoms with van der Waals surface area (Å²) in [5, 5.41) is 12.4. The van der Waals surface area contributed by atoms with E-state index in [4.69, 9.17) is 5.11 Å². The summed E-state index contributed by atoms with van der Waals surface area (Å²) >= 11 is 2.26. The van der Waals surface area contributed by atoms with E-state index in [0.29, 0.717) is 6.54 Å². The highest BCUT2D eigenvalue weighted by Gasteiger charge is 2.03. The number of aryl methyl sites for hydroxylation is 1. The van der Waals surface area contributed by atoms with Gasteiger partial charge in [-0.25, -0.2) is 4.39 Å². The van der Waals surface area contributed by atoms with Gasteiger partial charge in [0.1, 0.15) is 0 Å². The molecule has 0 aliphatic heterocycles. The number of nitrogens with one attached hydrogen (secondary N) is 1. The van der Waals surface area contributed by atoms with Crippen molar-refractivity contribution in [3.05, 3.63) is 56.9 Å². The lowest BCUT2D eigenvalue weighted by molar-refractivity contribution is 0.432. The number of halogens is 2. The van der Waals surface area contributed by atoms with Crippen molar-refractivity contribution in [3.63, 3.8) is 0 Å². The van der Waals surface area contributed by atoms with E-state index in [1.165, 1.54) is 15.7 Å². The van der Waals surface area contributed by atoms with Crippen LogP contribution in [0.15, 0.2) is 36.4 Å². The maximum atomic E-state index is 13.2. The lowest BCUT2D eigenvalue weighted by Crippen LogP contribution is -2.01. The molecule has 18 heavy (non-hydrogen) atoms. The van der Waals surface area contributed by atoms with E-state index in [1.54, 1.807) is 6.07 Å². The molecule has 0 unspecified atom stereocenters. The van der Waals surface area contributed by atoms with Crippen molar-refractivity contribution < 1.29 is 9.50 Å². The summed E-state index contributed by atoms with van der Waals surface area (Å²) in [6.45, 7) is 2.56. The summed E-state index contributed by atoms with van der Waals surface area (Å²) < 4.78 is 14.3. The Bertz CT molecular complexity index is 572. The van der Waals surface area contributed by atoms with Gasteiger partial charge in [0.15, 0.2) is 11.6 Å². The third-order valence-electron chi connectivity index (χ3n) is 2.68. The van der Waals surface area contributed by atoms with Gasteiger partial charge in [0.25, 0.3) is 0 Å². The fourth-order valence-electron chi connectivity index (χ4n) is 1.68. The molecule has 0 amide bonds. The molecule has 2 aromatic rings. The van der Waals surface area contributed by atoms with E-state index in [9.17, 15) is 4.39 Å². The molecule has 0 aromatic heterocycles. The van der Waals surface area contributed by atoms with E-state index in [0.717, 1.165) is 16.8 Å². The third-order valence-corrected chi connectivity index (χ3v) is 3.35. The topological polar surface area (TPSA) is 32.3 Å². The minimum absolute atomic E-state index is 0.316. The average Bonchev–Trinajstić information content (AvgIpc) is 2.32. The Balaban J connectivity index is 2.09. The Labute approximate surface area is 119 Å². The number of rotatable bonds is 3. The van der Waals surface area contributed by atoms with Crippen LogP contribution in [0, 0.1) is 16.3 Å². The van der Waals surface area contributed by atoms with Crippen LogP contribution < -0.4 is 5.32 Å². The summed E-state index contributed by atoms with van der Waals surface area (Å²) in [7, 11) is 0. The molecule has 0 saturated heterocycles. The van der Waals surface area contributed by atoms with Crippen LogP contribution >= 0.6 is 22.6 Å². The van der Waals surface area contributed by atoms with Crippen molar-refractivity contribution in [2.75, 3.05) is 5.32 Å². The van der Waals surface area contributed by atoms with Crippen LogP contribution in [0.25, 0.3) is 0 Å². The van der Waals surface area contributed by atoms with E-state index in [-0.39, 0.29) is 5.75 Å².